The second-order valence-electron chi connectivity index (χ2n) is 4.61. The maximum atomic E-state index is 9.13. The standard InChI is InChI=1S/C13H17BrClNO2/c1-8-2-9(15)3-13(14)12(8)4-10-5-16-6-11(7-17)18-10/h2-3,10-11,16-17H,4-7H2,1H3. The Hall–Kier alpha value is -0.130. The highest BCUT2D eigenvalue weighted by Gasteiger charge is 2.22. The molecular weight excluding hydrogens is 318 g/mol. The highest BCUT2D eigenvalue weighted by molar-refractivity contribution is 9.10. The Labute approximate surface area is 121 Å². The lowest BCUT2D eigenvalue weighted by molar-refractivity contribution is -0.0596. The quantitative estimate of drug-likeness (QED) is 0.891. The van der Waals surface area contributed by atoms with Crippen LogP contribution in [0.15, 0.2) is 16.6 Å². The summed E-state index contributed by atoms with van der Waals surface area (Å²) in [6, 6.07) is 3.87. The summed E-state index contributed by atoms with van der Waals surface area (Å²) in [6.07, 6.45) is 0.801. The molecule has 0 spiro atoms. The molecule has 1 fully saturated rings. The Morgan fingerprint density at radius 1 is 1.44 bits per heavy atom. The average molecular weight is 335 g/mol. The second kappa shape index (κ2) is 6.35. The summed E-state index contributed by atoms with van der Waals surface area (Å²) < 4.78 is 6.83. The Morgan fingerprint density at radius 2 is 2.17 bits per heavy atom. The molecule has 0 bridgehead atoms. The molecule has 0 radical (unpaired) electrons. The maximum Gasteiger partial charge on any atom is 0.0934 e. The van der Waals surface area contributed by atoms with E-state index >= 15 is 0 Å². The molecule has 1 aromatic carbocycles. The van der Waals surface area contributed by atoms with Crippen molar-refractivity contribution in [2.75, 3.05) is 19.7 Å². The van der Waals surface area contributed by atoms with Gasteiger partial charge in [0.15, 0.2) is 0 Å². The zero-order valence-electron chi connectivity index (χ0n) is 10.2. The fraction of sp³-hybridized carbons (Fsp3) is 0.538. The topological polar surface area (TPSA) is 41.5 Å². The summed E-state index contributed by atoms with van der Waals surface area (Å²) in [6.45, 7) is 3.63. The van der Waals surface area contributed by atoms with Crippen molar-refractivity contribution in [3.05, 3.63) is 32.8 Å². The van der Waals surface area contributed by atoms with Crippen molar-refractivity contribution >= 4 is 27.5 Å². The lowest BCUT2D eigenvalue weighted by Crippen LogP contribution is -2.47. The zero-order valence-corrected chi connectivity index (χ0v) is 12.6. The van der Waals surface area contributed by atoms with Crippen LogP contribution in [-0.2, 0) is 11.2 Å². The van der Waals surface area contributed by atoms with Crippen LogP contribution in [0.1, 0.15) is 11.1 Å². The number of ether oxygens (including phenoxy) is 1. The number of aliphatic hydroxyl groups is 1. The average Bonchev–Trinajstić information content (AvgIpc) is 2.34. The van der Waals surface area contributed by atoms with Gasteiger partial charge >= 0.3 is 0 Å². The van der Waals surface area contributed by atoms with Crippen LogP contribution in [0.2, 0.25) is 5.02 Å². The smallest absolute Gasteiger partial charge is 0.0934 e. The van der Waals surface area contributed by atoms with E-state index in [1.807, 2.05) is 19.1 Å². The van der Waals surface area contributed by atoms with E-state index in [-0.39, 0.29) is 18.8 Å². The molecule has 0 aliphatic carbocycles. The first-order chi connectivity index (χ1) is 8.60. The molecule has 1 saturated heterocycles. The van der Waals surface area contributed by atoms with Crippen LogP contribution in [0, 0.1) is 6.92 Å². The van der Waals surface area contributed by atoms with Gasteiger partial charge in [-0.2, -0.15) is 0 Å². The van der Waals surface area contributed by atoms with Gasteiger partial charge in [-0.05, 0) is 30.2 Å². The summed E-state index contributed by atoms with van der Waals surface area (Å²) in [5.74, 6) is 0. The fourth-order valence-electron chi connectivity index (χ4n) is 2.22. The van der Waals surface area contributed by atoms with Gasteiger partial charge in [0, 0.05) is 29.0 Å². The van der Waals surface area contributed by atoms with Gasteiger partial charge in [0.05, 0.1) is 18.8 Å². The summed E-state index contributed by atoms with van der Waals surface area (Å²) in [5.41, 5.74) is 2.37. The normalized spacial score (nSPS) is 24.2. The molecule has 2 atom stereocenters. The van der Waals surface area contributed by atoms with Gasteiger partial charge in [0.2, 0.25) is 0 Å². The van der Waals surface area contributed by atoms with Crippen LogP contribution >= 0.6 is 27.5 Å². The number of rotatable bonds is 3. The van der Waals surface area contributed by atoms with E-state index in [0.29, 0.717) is 6.54 Å². The van der Waals surface area contributed by atoms with E-state index in [4.69, 9.17) is 21.4 Å². The molecule has 0 saturated carbocycles. The van der Waals surface area contributed by atoms with Crippen LogP contribution in [0.5, 0.6) is 0 Å². The minimum Gasteiger partial charge on any atom is -0.394 e. The van der Waals surface area contributed by atoms with Gasteiger partial charge in [-0.25, -0.2) is 0 Å². The molecule has 18 heavy (non-hydrogen) atoms. The van der Waals surface area contributed by atoms with Crippen molar-refractivity contribution in [1.82, 2.24) is 5.32 Å². The number of morpholine rings is 1. The third kappa shape index (κ3) is 3.45. The van der Waals surface area contributed by atoms with Crippen LogP contribution in [-0.4, -0.2) is 37.0 Å². The number of halogens is 2. The SMILES string of the molecule is Cc1cc(Cl)cc(Br)c1CC1CNCC(CO)O1. The van der Waals surface area contributed by atoms with E-state index < -0.39 is 0 Å². The lowest BCUT2D eigenvalue weighted by atomic mass is 10.0. The van der Waals surface area contributed by atoms with E-state index in [1.54, 1.807) is 0 Å². The predicted octanol–water partition coefficient (Wildman–Crippen LogP) is 2.30. The van der Waals surface area contributed by atoms with Crippen molar-refractivity contribution in [3.63, 3.8) is 0 Å². The molecule has 2 unspecified atom stereocenters. The molecular formula is C13H17BrClNO2. The molecule has 100 valence electrons. The van der Waals surface area contributed by atoms with Crippen molar-refractivity contribution in [2.24, 2.45) is 0 Å². The Morgan fingerprint density at radius 3 is 2.83 bits per heavy atom. The van der Waals surface area contributed by atoms with Crippen LogP contribution in [0.4, 0.5) is 0 Å². The van der Waals surface area contributed by atoms with Crippen molar-refractivity contribution in [3.8, 4) is 0 Å². The molecule has 1 heterocycles. The van der Waals surface area contributed by atoms with Gasteiger partial charge in [0.25, 0.3) is 0 Å². The number of aryl methyl sites for hydroxylation is 1. The van der Waals surface area contributed by atoms with E-state index in [1.165, 1.54) is 5.56 Å². The van der Waals surface area contributed by atoms with Crippen molar-refractivity contribution in [1.29, 1.82) is 0 Å². The van der Waals surface area contributed by atoms with Gasteiger partial charge in [-0.1, -0.05) is 27.5 Å². The van der Waals surface area contributed by atoms with Crippen molar-refractivity contribution < 1.29 is 9.84 Å². The van der Waals surface area contributed by atoms with Crippen LogP contribution in [0.25, 0.3) is 0 Å². The molecule has 0 aromatic heterocycles. The molecule has 1 aliphatic heterocycles. The number of nitrogens with one attached hydrogen (secondary N) is 1. The van der Waals surface area contributed by atoms with Crippen LogP contribution < -0.4 is 5.32 Å². The fourth-order valence-corrected chi connectivity index (χ4v) is 3.35. The Bertz CT molecular complexity index is 404. The van der Waals surface area contributed by atoms with Crippen LogP contribution in [0.3, 0.4) is 0 Å². The second-order valence-corrected chi connectivity index (χ2v) is 5.90. The zero-order chi connectivity index (χ0) is 13.1. The van der Waals surface area contributed by atoms with Gasteiger partial charge in [0.1, 0.15) is 0 Å². The lowest BCUT2D eigenvalue weighted by Gasteiger charge is -2.30. The highest BCUT2D eigenvalue weighted by atomic mass is 79.9. The molecule has 0 amide bonds. The van der Waals surface area contributed by atoms with Crippen molar-refractivity contribution in [2.45, 2.75) is 25.6 Å². The highest BCUT2D eigenvalue weighted by Crippen LogP contribution is 2.27. The monoisotopic (exact) mass is 333 g/mol. The van der Waals surface area contributed by atoms with E-state index in [0.717, 1.165) is 28.0 Å². The first kappa shape index (κ1) is 14.3. The summed E-state index contributed by atoms with van der Waals surface area (Å²) in [4.78, 5) is 0. The molecule has 5 heteroatoms. The molecule has 2 rings (SSSR count). The number of benzene rings is 1. The Balaban J connectivity index is 2.09. The van der Waals surface area contributed by atoms with E-state index in [9.17, 15) is 0 Å². The van der Waals surface area contributed by atoms with Gasteiger partial charge in [-0.3, -0.25) is 0 Å². The number of aliphatic hydroxyl groups excluding tert-OH is 1. The first-order valence-electron chi connectivity index (χ1n) is 6.01. The predicted molar refractivity (Wildman–Crippen MR) is 76.2 cm³/mol. The van der Waals surface area contributed by atoms with Gasteiger partial charge < -0.3 is 15.2 Å². The number of hydrogen-bond acceptors (Lipinski definition) is 3. The Kier molecular flexibility index (Phi) is 5.04. The third-order valence-electron chi connectivity index (χ3n) is 3.15. The summed E-state index contributed by atoms with van der Waals surface area (Å²) in [7, 11) is 0. The third-order valence-corrected chi connectivity index (χ3v) is 4.07. The first-order valence-corrected chi connectivity index (χ1v) is 7.18. The maximum absolute atomic E-state index is 9.13. The summed E-state index contributed by atoms with van der Waals surface area (Å²) >= 11 is 9.55. The number of hydrogen-bond donors (Lipinski definition) is 2. The largest absolute Gasteiger partial charge is 0.394 e. The molecule has 3 nitrogen and oxygen atoms in total. The molecule has 1 aromatic rings. The summed E-state index contributed by atoms with van der Waals surface area (Å²) in [5, 5.41) is 13.1. The molecule has 2 N–H and O–H groups in total. The minimum atomic E-state index is -0.102. The minimum absolute atomic E-state index is 0.0598. The van der Waals surface area contributed by atoms with E-state index in [2.05, 4.69) is 21.2 Å². The molecule has 1 aliphatic rings. The van der Waals surface area contributed by atoms with Gasteiger partial charge in [-0.15, -0.1) is 0 Å².